The standard InChI is InChI=1S/C15H16N2O5S/c1-3-22-13(18)9-17-14(19)12(23-15(17)20)8-16-10-4-6-11(21-2)7-5-10/h4-8,19H,3,9H2,1-2H3. The van der Waals surface area contributed by atoms with E-state index in [9.17, 15) is 14.7 Å². The van der Waals surface area contributed by atoms with E-state index in [0.717, 1.165) is 15.9 Å². The third-order valence-corrected chi connectivity index (χ3v) is 3.79. The Kier molecular flexibility index (Phi) is 5.53. The normalized spacial score (nSPS) is 10.9. The Morgan fingerprint density at radius 1 is 1.39 bits per heavy atom. The SMILES string of the molecule is CCOC(=O)Cn1c(O)c(C=Nc2ccc(OC)cc2)sc1=O. The van der Waals surface area contributed by atoms with Gasteiger partial charge in [-0.3, -0.25) is 19.1 Å². The van der Waals surface area contributed by atoms with E-state index in [1.165, 1.54) is 6.21 Å². The number of hydrogen-bond donors (Lipinski definition) is 1. The number of benzene rings is 1. The van der Waals surface area contributed by atoms with E-state index in [0.29, 0.717) is 11.4 Å². The summed E-state index contributed by atoms with van der Waals surface area (Å²) in [6.45, 7) is 1.55. The molecule has 23 heavy (non-hydrogen) atoms. The summed E-state index contributed by atoms with van der Waals surface area (Å²) in [6, 6.07) is 6.98. The molecule has 122 valence electrons. The molecule has 0 amide bonds. The Morgan fingerprint density at radius 2 is 2.09 bits per heavy atom. The van der Waals surface area contributed by atoms with E-state index in [1.807, 2.05) is 0 Å². The maximum atomic E-state index is 11.8. The molecule has 0 aliphatic carbocycles. The van der Waals surface area contributed by atoms with Crippen molar-refractivity contribution in [2.45, 2.75) is 13.5 Å². The second kappa shape index (κ2) is 7.59. The largest absolute Gasteiger partial charge is 0.497 e. The van der Waals surface area contributed by atoms with Gasteiger partial charge in [0.15, 0.2) is 0 Å². The molecule has 0 aliphatic rings. The first-order chi connectivity index (χ1) is 11.0. The van der Waals surface area contributed by atoms with Crippen LogP contribution < -0.4 is 9.61 Å². The number of aliphatic imine (C=N–C) groups is 1. The summed E-state index contributed by atoms with van der Waals surface area (Å²) in [5, 5.41) is 10.0. The molecule has 1 N–H and O–H groups in total. The van der Waals surface area contributed by atoms with Crippen LogP contribution >= 0.6 is 11.3 Å². The number of rotatable bonds is 6. The molecule has 0 unspecified atom stereocenters. The molecule has 0 radical (unpaired) electrons. The van der Waals surface area contributed by atoms with Gasteiger partial charge in [0.2, 0.25) is 5.88 Å². The number of nitrogens with zero attached hydrogens (tertiary/aromatic N) is 2. The molecule has 0 saturated carbocycles. The van der Waals surface area contributed by atoms with Gasteiger partial charge in [0.25, 0.3) is 0 Å². The second-order valence-electron chi connectivity index (χ2n) is 4.40. The van der Waals surface area contributed by atoms with Crippen molar-refractivity contribution in [3.05, 3.63) is 38.8 Å². The zero-order valence-corrected chi connectivity index (χ0v) is 13.5. The maximum Gasteiger partial charge on any atom is 0.326 e. The van der Waals surface area contributed by atoms with Gasteiger partial charge < -0.3 is 14.6 Å². The lowest BCUT2D eigenvalue weighted by molar-refractivity contribution is -0.143. The number of ether oxygens (including phenoxy) is 2. The molecule has 1 aromatic carbocycles. The fourth-order valence-electron chi connectivity index (χ4n) is 1.77. The number of aromatic hydroxyl groups is 1. The van der Waals surface area contributed by atoms with Crippen LogP contribution in [0.5, 0.6) is 11.6 Å². The Balaban J connectivity index is 2.18. The van der Waals surface area contributed by atoms with Crippen LogP contribution in [0, 0.1) is 0 Å². The van der Waals surface area contributed by atoms with Crippen LogP contribution in [-0.4, -0.2) is 35.6 Å². The predicted molar refractivity (Wildman–Crippen MR) is 87.1 cm³/mol. The number of thiazole rings is 1. The molecule has 0 bridgehead atoms. The second-order valence-corrected chi connectivity index (χ2v) is 5.40. The molecule has 0 fully saturated rings. The topological polar surface area (TPSA) is 90.1 Å². The van der Waals surface area contributed by atoms with E-state index in [-0.39, 0.29) is 23.9 Å². The molecule has 0 atom stereocenters. The summed E-state index contributed by atoms with van der Waals surface area (Å²) in [6.07, 6.45) is 1.38. The highest BCUT2D eigenvalue weighted by atomic mass is 32.1. The molecule has 8 heteroatoms. The lowest BCUT2D eigenvalue weighted by Gasteiger charge is -2.03. The van der Waals surface area contributed by atoms with Gasteiger partial charge in [0, 0.05) is 0 Å². The van der Waals surface area contributed by atoms with Crippen molar-refractivity contribution in [3.63, 3.8) is 0 Å². The summed E-state index contributed by atoms with van der Waals surface area (Å²) in [5.74, 6) is -0.177. The molecule has 1 aromatic heterocycles. The number of carbonyl (C=O) groups is 1. The molecule has 2 rings (SSSR count). The van der Waals surface area contributed by atoms with Gasteiger partial charge in [0.05, 0.1) is 25.6 Å². The molecule has 1 heterocycles. The summed E-state index contributed by atoms with van der Waals surface area (Å²) >= 11 is 0.804. The van der Waals surface area contributed by atoms with Gasteiger partial charge in [-0.05, 0) is 31.2 Å². The van der Waals surface area contributed by atoms with Crippen LogP contribution in [0.15, 0.2) is 34.1 Å². The molecule has 2 aromatic rings. The first kappa shape index (κ1) is 16.8. The smallest absolute Gasteiger partial charge is 0.326 e. The number of aromatic nitrogens is 1. The Bertz CT molecular complexity index is 761. The molecule has 0 saturated heterocycles. The Labute approximate surface area is 136 Å². The summed E-state index contributed by atoms with van der Waals surface area (Å²) in [7, 11) is 1.57. The van der Waals surface area contributed by atoms with Gasteiger partial charge in [0.1, 0.15) is 17.2 Å². The van der Waals surface area contributed by atoms with Gasteiger partial charge >= 0.3 is 10.8 Å². The van der Waals surface area contributed by atoms with Crippen molar-refractivity contribution in [1.29, 1.82) is 0 Å². The van der Waals surface area contributed by atoms with Gasteiger partial charge in [-0.2, -0.15) is 0 Å². The predicted octanol–water partition coefficient (Wildman–Crippen LogP) is 1.94. The zero-order valence-electron chi connectivity index (χ0n) is 12.7. The van der Waals surface area contributed by atoms with Crippen molar-refractivity contribution in [3.8, 4) is 11.6 Å². The number of carbonyl (C=O) groups excluding carboxylic acids is 1. The lowest BCUT2D eigenvalue weighted by Crippen LogP contribution is -2.20. The van der Waals surface area contributed by atoms with Gasteiger partial charge in [-0.15, -0.1) is 0 Å². The minimum atomic E-state index is -0.582. The zero-order chi connectivity index (χ0) is 16.8. The van der Waals surface area contributed by atoms with Crippen molar-refractivity contribution in [2.75, 3.05) is 13.7 Å². The van der Waals surface area contributed by atoms with E-state index < -0.39 is 10.8 Å². The van der Waals surface area contributed by atoms with Crippen molar-refractivity contribution in [2.24, 2.45) is 4.99 Å². The minimum absolute atomic E-state index is 0.213. The van der Waals surface area contributed by atoms with Crippen molar-refractivity contribution >= 4 is 29.2 Å². The van der Waals surface area contributed by atoms with Crippen LogP contribution in [0.25, 0.3) is 0 Å². The highest BCUT2D eigenvalue weighted by Crippen LogP contribution is 2.21. The van der Waals surface area contributed by atoms with Crippen LogP contribution in [-0.2, 0) is 16.1 Å². The quantitative estimate of drug-likeness (QED) is 0.643. The molecular weight excluding hydrogens is 320 g/mol. The third-order valence-electron chi connectivity index (χ3n) is 2.89. The monoisotopic (exact) mass is 336 g/mol. The third kappa shape index (κ3) is 4.19. The molecular formula is C15H16N2O5S. The van der Waals surface area contributed by atoms with Crippen LogP contribution in [0.2, 0.25) is 0 Å². The fourth-order valence-corrected chi connectivity index (χ4v) is 2.53. The average Bonchev–Trinajstić information content (AvgIpc) is 2.81. The lowest BCUT2D eigenvalue weighted by atomic mass is 10.3. The summed E-state index contributed by atoms with van der Waals surface area (Å²) < 4.78 is 10.8. The highest BCUT2D eigenvalue weighted by molar-refractivity contribution is 7.11. The first-order valence-corrected chi connectivity index (χ1v) is 7.63. The van der Waals surface area contributed by atoms with E-state index in [2.05, 4.69) is 4.99 Å². The Hall–Kier alpha value is -2.61. The summed E-state index contributed by atoms with van der Waals surface area (Å²) in [5.41, 5.74) is 0.642. The Morgan fingerprint density at radius 3 is 2.70 bits per heavy atom. The van der Waals surface area contributed by atoms with Crippen molar-refractivity contribution < 1.29 is 19.4 Å². The van der Waals surface area contributed by atoms with Gasteiger partial charge in [-0.25, -0.2) is 0 Å². The van der Waals surface area contributed by atoms with E-state index >= 15 is 0 Å². The highest BCUT2D eigenvalue weighted by Gasteiger charge is 2.15. The van der Waals surface area contributed by atoms with E-state index in [4.69, 9.17) is 9.47 Å². The van der Waals surface area contributed by atoms with E-state index in [1.54, 1.807) is 38.3 Å². The summed E-state index contributed by atoms with van der Waals surface area (Å²) in [4.78, 5) is 27.3. The van der Waals surface area contributed by atoms with Crippen LogP contribution in [0.3, 0.4) is 0 Å². The molecule has 7 nitrogen and oxygen atoms in total. The molecule has 0 spiro atoms. The van der Waals surface area contributed by atoms with Crippen molar-refractivity contribution in [1.82, 2.24) is 4.57 Å². The number of esters is 1. The van der Waals surface area contributed by atoms with Crippen LogP contribution in [0.4, 0.5) is 5.69 Å². The number of hydrogen-bond acceptors (Lipinski definition) is 7. The molecule has 0 aliphatic heterocycles. The fraction of sp³-hybridized carbons (Fsp3) is 0.267. The number of methoxy groups -OCH3 is 1. The first-order valence-electron chi connectivity index (χ1n) is 6.81. The van der Waals surface area contributed by atoms with Crippen LogP contribution in [0.1, 0.15) is 11.8 Å². The minimum Gasteiger partial charge on any atom is -0.497 e. The van der Waals surface area contributed by atoms with Gasteiger partial charge in [-0.1, -0.05) is 11.3 Å². The average molecular weight is 336 g/mol. The maximum absolute atomic E-state index is 11.8.